The SMILES string of the molecule is CC(C(=O)Nc1ccc(OS(=O)(=O)F)cc1)N1CCOCC1. The molecule has 2 rings (SSSR count). The maximum atomic E-state index is 12.4. The van der Waals surface area contributed by atoms with Gasteiger partial charge in [-0.25, -0.2) is 0 Å². The fourth-order valence-electron chi connectivity index (χ4n) is 2.09. The summed E-state index contributed by atoms with van der Waals surface area (Å²) in [5, 5.41) is 2.71. The molecule has 0 spiro atoms. The molecule has 7 nitrogen and oxygen atoms in total. The summed E-state index contributed by atoms with van der Waals surface area (Å²) in [4.78, 5) is 14.2. The molecule has 122 valence electrons. The Labute approximate surface area is 128 Å². The number of halogens is 1. The molecular weight excluding hydrogens is 315 g/mol. The Morgan fingerprint density at radius 2 is 1.91 bits per heavy atom. The third-order valence-corrected chi connectivity index (χ3v) is 3.68. The summed E-state index contributed by atoms with van der Waals surface area (Å²) >= 11 is 0. The number of rotatable bonds is 5. The number of amides is 1. The van der Waals surface area contributed by atoms with Crippen LogP contribution in [0.15, 0.2) is 24.3 Å². The van der Waals surface area contributed by atoms with Gasteiger partial charge in [0.05, 0.1) is 19.3 Å². The van der Waals surface area contributed by atoms with E-state index < -0.39 is 10.5 Å². The van der Waals surface area contributed by atoms with E-state index in [1.54, 1.807) is 6.92 Å². The molecule has 0 radical (unpaired) electrons. The predicted octanol–water partition coefficient (Wildman–Crippen LogP) is 0.939. The van der Waals surface area contributed by atoms with Gasteiger partial charge in [0.2, 0.25) is 5.91 Å². The Balaban J connectivity index is 1.93. The van der Waals surface area contributed by atoms with Gasteiger partial charge in [0.15, 0.2) is 0 Å². The standard InChI is InChI=1S/C13H17FN2O5S/c1-10(16-6-8-20-9-7-16)13(17)15-11-2-4-12(5-3-11)21-22(14,18)19/h2-5,10H,6-9H2,1H3,(H,15,17). The number of ether oxygens (including phenoxy) is 1. The van der Waals surface area contributed by atoms with Gasteiger partial charge in [-0.3, -0.25) is 9.69 Å². The highest BCUT2D eigenvalue weighted by atomic mass is 32.3. The van der Waals surface area contributed by atoms with Gasteiger partial charge in [-0.2, -0.15) is 8.42 Å². The van der Waals surface area contributed by atoms with Gasteiger partial charge in [-0.05, 0) is 31.2 Å². The van der Waals surface area contributed by atoms with Crippen LogP contribution in [0.1, 0.15) is 6.92 Å². The molecule has 0 aliphatic carbocycles. The Kier molecular flexibility index (Phi) is 5.33. The molecule has 1 atom stereocenters. The number of carbonyl (C=O) groups is 1. The van der Waals surface area contributed by atoms with Crippen molar-refractivity contribution in [3.8, 4) is 5.75 Å². The number of hydrogen-bond acceptors (Lipinski definition) is 6. The smallest absolute Gasteiger partial charge is 0.379 e. The number of nitrogens with one attached hydrogen (secondary N) is 1. The van der Waals surface area contributed by atoms with Crippen molar-refractivity contribution < 1.29 is 26.0 Å². The highest BCUT2D eigenvalue weighted by molar-refractivity contribution is 7.81. The van der Waals surface area contributed by atoms with Crippen molar-refractivity contribution in [3.05, 3.63) is 24.3 Å². The van der Waals surface area contributed by atoms with E-state index in [0.29, 0.717) is 32.0 Å². The van der Waals surface area contributed by atoms with Crippen LogP contribution in [0.5, 0.6) is 5.75 Å². The third kappa shape index (κ3) is 4.93. The summed E-state index contributed by atoms with van der Waals surface area (Å²) in [6.07, 6.45) is 0. The minimum Gasteiger partial charge on any atom is -0.379 e. The van der Waals surface area contributed by atoms with Gasteiger partial charge in [-0.1, -0.05) is 3.89 Å². The minimum absolute atomic E-state index is 0.165. The number of nitrogens with zero attached hydrogens (tertiary/aromatic N) is 1. The molecule has 1 amide bonds. The van der Waals surface area contributed by atoms with Crippen molar-refractivity contribution in [3.63, 3.8) is 0 Å². The van der Waals surface area contributed by atoms with Crippen molar-refractivity contribution in [2.24, 2.45) is 0 Å². The second-order valence-electron chi connectivity index (χ2n) is 4.81. The van der Waals surface area contributed by atoms with Crippen molar-refractivity contribution >= 4 is 22.1 Å². The lowest BCUT2D eigenvalue weighted by molar-refractivity contribution is -0.122. The summed E-state index contributed by atoms with van der Waals surface area (Å²) < 4.78 is 42.4. The van der Waals surface area contributed by atoms with E-state index >= 15 is 0 Å². The quantitative estimate of drug-likeness (QED) is 0.808. The molecule has 22 heavy (non-hydrogen) atoms. The van der Waals surface area contributed by atoms with Gasteiger partial charge in [-0.15, -0.1) is 0 Å². The van der Waals surface area contributed by atoms with E-state index in [0.717, 1.165) is 0 Å². The van der Waals surface area contributed by atoms with Gasteiger partial charge in [0.25, 0.3) is 0 Å². The summed E-state index contributed by atoms with van der Waals surface area (Å²) in [6, 6.07) is 5.07. The van der Waals surface area contributed by atoms with Crippen LogP contribution >= 0.6 is 0 Å². The lowest BCUT2D eigenvalue weighted by Gasteiger charge is -2.31. The normalized spacial score (nSPS) is 17.7. The molecule has 1 saturated heterocycles. The maximum Gasteiger partial charge on any atom is 0.488 e. The first kappa shape index (κ1) is 16.7. The number of morpholine rings is 1. The lowest BCUT2D eigenvalue weighted by Crippen LogP contribution is -2.47. The zero-order valence-corrected chi connectivity index (χ0v) is 12.8. The van der Waals surface area contributed by atoms with E-state index in [9.17, 15) is 17.1 Å². The zero-order chi connectivity index (χ0) is 16.2. The Hall–Kier alpha value is -1.71. The van der Waals surface area contributed by atoms with Crippen LogP contribution in [0.2, 0.25) is 0 Å². The topological polar surface area (TPSA) is 84.9 Å². The largest absolute Gasteiger partial charge is 0.488 e. The number of anilines is 1. The molecule has 1 aromatic rings. The number of benzene rings is 1. The van der Waals surface area contributed by atoms with Crippen LogP contribution in [0.3, 0.4) is 0 Å². The van der Waals surface area contributed by atoms with E-state index in [1.165, 1.54) is 24.3 Å². The first-order valence-corrected chi connectivity index (χ1v) is 8.03. The van der Waals surface area contributed by atoms with Crippen LogP contribution < -0.4 is 9.50 Å². The summed E-state index contributed by atoms with van der Waals surface area (Å²) in [6.45, 7) is 4.38. The van der Waals surface area contributed by atoms with Crippen LogP contribution in [0.4, 0.5) is 9.57 Å². The van der Waals surface area contributed by atoms with Gasteiger partial charge in [0.1, 0.15) is 5.75 Å². The second-order valence-corrected chi connectivity index (χ2v) is 5.77. The van der Waals surface area contributed by atoms with E-state index in [1.807, 2.05) is 4.90 Å². The highest BCUT2D eigenvalue weighted by Crippen LogP contribution is 2.18. The first-order chi connectivity index (χ1) is 10.3. The van der Waals surface area contributed by atoms with Crippen molar-refractivity contribution in [1.82, 2.24) is 4.90 Å². The van der Waals surface area contributed by atoms with E-state index in [-0.39, 0.29) is 17.7 Å². The van der Waals surface area contributed by atoms with E-state index in [4.69, 9.17) is 4.74 Å². The van der Waals surface area contributed by atoms with Crippen LogP contribution in [0.25, 0.3) is 0 Å². The molecular formula is C13H17FN2O5S. The minimum atomic E-state index is -5.05. The van der Waals surface area contributed by atoms with Crippen molar-refractivity contribution in [2.75, 3.05) is 31.6 Å². The van der Waals surface area contributed by atoms with E-state index in [2.05, 4.69) is 9.50 Å². The molecule has 1 unspecified atom stereocenters. The lowest BCUT2D eigenvalue weighted by atomic mass is 10.2. The predicted molar refractivity (Wildman–Crippen MR) is 77.6 cm³/mol. The van der Waals surface area contributed by atoms with Gasteiger partial charge in [0, 0.05) is 18.8 Å². The zero-order valence-electron chi connectivity index (χ0n) is 12.0. The molecule has 1 aliphatic heterocycles. The first-order valence-electron chi connectivity index (χ1n) is 6.72. The van der Waals surface area contributed by atoms with Crippen LogP contribution in [-0.2, 0) is 20.0 Å². The Bertz CT molecular complexity index is 614. The third-order valence-electron chi connectivity index (χ3n) is 3.29. The van der Waals surface area contributed by atoms with Crippen LogP contribution in [0, 0.1) is 0 Å². The Morgan fingerprint density at radius 3 is 2.45 bits per heavy atom. The number of carbonyl (C=O) groups excluding carboxylic acids is 1. The molecule has 1 fully saturated rings. The fraction of sp³-hybridized carbons (Fsp3) is 0.462. The molecule has 0 aromatic heterocycles. The average molecular weight is 332 g/mol. The van der Waals surface area contributed by atoms with Crippen molar-refractivity contribution in [2.45, 2.75) is 13.0 Å². The molecule has 0 saturated carbocycles. The summed E-state index contributed by atoms with van der Waals surface area (Å²) in [7, 11) is -5.05. The average Bonchev–Trinajstić information content (AvgIpc) is 2.48. The molecule has 1 heterocycles. The molecule has 1 aliphatic rings. The van der Waals surface area contributed by atoms with Gasteiger partial charge >= 0.3 is 10.5 Å². The van der Waals surface area contributed by atoms with Crippen LogP contribution in [-0.4, -0.2) is 51.6 Å². The second kappa shape index (κ2) is 7.03. The molecule has 9 heteroatoms. The maximum absolute atomic E-state index is 12.4. The molecule has 1 aromatic carbocycles. The Morgan fingerprint density at radius 1 is 1.32 bits per heavy atom. The highest BCUT2D eigenvalue weighted by Gasteiger charge is 2.23. The summed E-state index contributed by atoms with van der Waals surface area (Å²) in [5.41, 5.74) is 0.466. The van der Waals surface area contributed by atoms with Gasteiger partial charge < -0.3 is 14.2 Å². The summed E-state index contributed by atoms with van der Waals surface area (Å²) in [5.74, 6) is -0.351. The van der Waals surface area contributed by atoms with Crippen molar-refractivity contribution in [1.29, 1.82) is 0 Å². The monoisotopic (exact) mass is 332 g/mol. The number of hydrogen-bond donors (Lipinski definition) is 1. The molecule has 0 bridgehead atoms. The fourth-order valence-corrected chi connectivity index (χ4v) is 2.43. The molecule has 1 N–H and O–H groups in total.